The van der Waals surface area contributed by atoms with Gasteiger partial charge in [-0.15, -0.1) is 0 Å². The number of likely N-dealkylation sites (N-methyl/N-ethyl adjacent to an activating group) is 1. The van der Waals surface area contributed by atoms with E-state index in [0.717, 1.165) is 34.3 Å². The van der Waals surface area contributed by atoms with Crippen molar-refractivity contribution in [2.75, 3.05) is 27.2 Å². The summed E-state index contributed by atoms with van der Waals surface area (Å²) in [5.41, 5.74) is 4.58. The van der Waals surface area contributed by atoms with Crippen LogP contribution in [0, 0.1) is 0 Å². The van der Waals surface area contributed by atoms with Crippen LogP contribution in [0.2, 0.25) is 5.02 Å². The van der Waals surface area contributed by atoms with Gasteiger partial charge in [-0.2, -0.15) is 0 Å². The predicted molar refractivity (Wildman–Crippen MR) is 111 cm³/mol. The van der Waals surface area contributed by atoms with E-state index in [1.807, 2.05) is 49.3 Å². The number of fused-ring (bicyclic) bond motifs is 2. The number of aromatic amines is 1. The zero-order chi connectivity index (χ0) is 19.8. The molecule has 1 aromatic heterocycles. The van der Waals surface area contributed by atoms with Crippen molar-refractivity contribution >= 4 is 34.3 Å². The number of hydrogen-bond donors (Lipinski definition) is 3. The Balaban J connectivity index is 1.66. The summed E-state index contributed by atoms with van der Waals surface area (Å²) in [6, 6.07) is 11.2. The molecular weight excluding hydrogens is 376 g/mol. The van der Waals surface area contributed by atoms with Gasteiger partial charge in [0.05, 0.1) is 5.56 Å². The first-order chi connectivity index (χ1) is 13.4. The summed E-state index contributed by atoms with van der Waals surface area (Å²) < 4.78 is 0. The van der Waals surface area contributed by atoms with E-state index in [1.165, 1.54) is 0 Å². The van der Waals surface area contributed by atoms with Crippen molar-refractivity contribution < 1.29 is 9.59 Å². The normalized spacial score (nSPS) is 13.1. The standard InChI is InChI=1S/C21H21ClN4O2/c1-26(2)8-7-23-20(27)12-3-6-17-13(9-12)10-18(25-17)14-4-5-16(22)15-11-24-21(28)19(14)15/h3-6,9-10,25H,7-8,11H2,1-2H3,(H,23,27)(H,24,28). The number of nitrogens with one attached hydrogen (secondary N) is 3. The van der Waals surface area contributed by atoms with E-state index in [4.69, 9.17) is 11.6 Å². The summed E-state index contributed by atoms with van der Waals surface area (Å²) in [6.45, 7) is 1.82. The third-order valence-electron chi connectivity index (χ3n) is 4.93. The monoisotopic (exact) mass is 396 g/mol. The molecule has 6 nitrogen and oxygen atoms in total. The highest BCUT2D eigenvalue weighted by Gasteiger charge is 2.26. The van der Waals surface area contributed by atoms with Gasteiger partial charge in [0, 0.05) is 57.9 Å². The van der Waals surface area contributed by atoms with E-state index in [0.29, 0.717) is 29.2 Å². The molecule has 2 aromatic carbocycles. The Morgan fingerprint density at radius 3 is 2.82 bits per heavy atom. The number of benzene rings is 2. The average molecular weight is 397 g/mol. The molecule has 0 bridgehead atoms. The number of nitrogens with zero attached hydrogens (tertiary/aromatic N) is 1. The minimum Gasteiger partial charge on any atom is -0.355 e. The predicted octanol–water partition coefficient (Wildman–Crippen LogP) is 3.02. The molecule has 0 saturated heterocycles. The Hall–Kier alpha value is -2.83. The molecule has 1 aliphatic rings. The highest BCUT2D eigenvalue weighted by molar-refractivity contribution is 6.32. The molecule has 0 radical (unpaired) electrons. The van der Waals surface area contributed by atoms with Crippen LogP contribution in [-0.2, 0) is 6.54 Å². The molecule has 2 heterocycles. The molecule has 0 atom stereocenters. The Bertz CT molecular complexity index is 1090. The fourth-order valence-electron chi connectivity index (χ4n) is 3.45. The van der Waals surface area contributed by atoms with Crippen LogP contribution in [0.15, 0.2) is 36.4 Å². The highest BCUT2D eigenvalue weighted by Crippen LogP contribution is 2.34. The number of amides is 2. The van der Waals surface area contributed by atoms with E-state index < -0.39 is 0 Å². The first kappa shape index (κ1) is 18.5. The van der Waals surface area contributed by atoms with Gasteiger partial charge in [0.15, 0.2) is 0 Å². The zero-order valence-corrected chi connectivity index (χ0v) is 16.5. The van der Waals surface area contributed by atoms with Gasteiger partial charge in [-0.1, -0.05) is 17.7 Å². The highest BCUT2D eigenvalue weighted by atomic mass is 35.5. The van der Waals surface area contributed by atoms with Crippen molar-refractivity contribution in [3.05, 3.63) is 58.1 Å². The van der Waals surface area contributed by atoms with Crippen molar-refractivity contribution in [1.82, 2.24) is 20.5 Å². The molecule has 0 saturated carbocycles. The van der Waals surface area contributed by atoms with Crippen LogP contribution >= 0.6 is 11.6 Å². The maximum Gasteiger partial charge on any atom is 0.252 e. The molecule has 1 aliphatic heterocycles. The van der Waals surface area contributed by atoms with Crippen LogP contribution in [0.3, 0.4) is 0 Å². The summed E-state index contributed by atoms with van der Waals surface area (Å²) in [6.07, 6.45) is 0. The summed E-state index contributed by atoms with van der Waals surface area (Å²) in [4.78, 5) is 30.0. The van der Waals surface area contributed by atoms with Crippen molar-refractivity contribution in [2.45, 2.75) is 6.54 Å². The second kappa shape index (κ2) is 7.30. The second-order valence-corrected chi connectivity index (χ2v) is 7.58. The average Bonchev–Trinajstić information content (AvgIpc) is 3.25. The van der Waals surface area contributed by atoms with Gasteiger partial charge >= 0.3 is 0 Å². The number of carbonyl (C=O) groups excluding carboxylic acids is 2. The number of rotatable bonds is 5. The van der Waals surface area contributed by atoms with Gasteiger partial charge < -0.3 is 20.5 Å². The van der Waals surface area contributed by atoms with Crippen LogP contribution in [-0.4, -0.2) is 48.9 Å². The molecular formula is C21H21ClN4O2. The Morgan fingerprint density at radius 2 is 2.04 bits per heavy atom. The van der Waals surface area contributed by atoms with Crippen molar-refractivity contribution in [3.8, 4) is 11.3 Å². The molecule has 0 unspecified atom stereocenters. The lowest BCUT2D eigenvalue weighted by Crippen LogP contribution is -2.31. The van der Waals surface area contributed by atoms with Crippen LogP contribution in [0.5, 0.6) is 0 Å². The fraction of sp³-hybridized carbons (Fsp3) is 0.238. The van der Waals surface area contributed by atoms with Crippen molar-refractivity contribution in [2.24, 2.45) is 0 Å². The maximum atomic E-state index is 12.4. The third kappa shape index (κ3) is 3.37. The minimum atomic E-state index is -0.118. The molecule has 0 spiro atoms. The first-order valence-electron chi connectivity index (χ1n) is 9.09. The Kier molecular flexibility index (Phi) is 4.83. The van der Waals surface area contributed by atoms with E-state index in [1.54, 1.807) is 6.07 Å². The zero-order valence-electron chi connectivity index (χ0n) is 15.7. The molecule has 0 fully saturated rings. The van der Waals surface area contributed by atoms with Gasteiger partial charge in [0.1, 0.15) is 0 Å². The smallest absolute Gasteiger partial charge is 0.252 e. The number of halogens is 1. The lowest BCUT2D eigenvalue weighted by Gasteiger charge is -2.10. The molecule has 144 valence electrons. The number of hydrogen-bond acceptors (Lipinski definition) is 3. The third-order valence-corrected chi connectivity index (χ3v) is 5.28. The SMILES string of the molecule is CN(C)CCNC(=O)c1ccc2[nH]c(-c3ccc(Cl)c4c3C(=O)NC4)cc2c1. The van der Waals surface area contributed by atoms with E-state index in [2.05, 4.69) is 15.6 Å². The molecule has 3 aromatic rings. The van der Waals surface area contributed by atoms with Gasteiger partial charge in [-0.05, 0) is 44.4 Å². The maximum absolute atomic E-state index is 12.4. The van der Waals surface area contributed by atoms with Crippen LogP contribution in [0.25, 0.3) is 22.2 Å². The lowest BCUT2D eigenvalue weighted by atomic mass is 10.0. The van der Waals surface area contributed by atoms with E-state index in [9.17, 15) is 9.59 Å². The minimum absolute atomic E-state index is 0.0988. The van der Waals surface area contributed by atoms with Crippen LogP contribution in [0.4, 0.5) is 0 Å². The first-order valence-corrected chi connectivity index (χ1v) is 9.47. The molecule has 4 rings (SSSR count). The van der Waals surface area contributed by atoms with Gasteiger partial charge in [0.2, 0.25) is 0 Å². The molecule has 28 heavy (non-hydrogen) atoms. The molecule has 0 aliphatic carbocycles. The van der Waals surface area contributed by atoms with Crippen LogP contribution < -0.4 is 10.6 Å². The lowest BCUT2D eigenvalue weighted by molar-refractivity contribution is 0.0947. The Morgan fingerprint density at radius 1 is 1.21 bits per heavy atom. The number of carbonyl (C=O) groups is 2. The molecule has 2 amide bonds. The number of aromatic nitrogens is 1. The van der Waals surface area contributed by atoms with Crippen molar-refractivity contribution in [1.29, 1.82) is 0 Å². The van der Waals surface area contributed by atoms with Crippen molar-refractivity contribution in [3.63, 3.8) is 0 Å². The van der Waals surface area contributed by atoms with E-state index >= 15 is 0 Å². The summed E-state index contributed by atoms with van der Waals surface area (Å²) in [7, 11) is 3.93. The number of H-pyrrole nitrogens is 1. The fourth-order valence-corrected chi connectivity index (χ4v) is 3.67. The topological polar surface area (TPSA) is 77.2 Å². The summed E-state index contributed by atoms with van der Waals surface area (Å²) in [5, 5.41) is 7.25. The van der Waals surface area contributed by atoms with E-state index in [-0.39, 0.29) is 11.8 Å². The van der Waals surface area contributed by atoms with Gasteiger partial charge in [0.25, 0.3) is 11.8 Å². The van der Waals surface area contributed by atoms with Crippen LogP contribution in [0.1, 0.15) is 26.3 Å². The van der Waals surface area contributed by atoms with Gasteiger partial charge in [-0.3, -0.25) is 9.59 Å². The Labute approximate surface area is 167 Å². The summed E-state index contributed by atoms with van der Waals surface area (Å²) >= 11 is 6.24. The summed E-state index contributed by atoms with van der Waals surface area (Å²) in [5.74, 6) is -0.217. The molecule has 7 heteroatoms. The van der Waals surface area contributed by atoms with Gasteiger partial charge in [-0.25, -0.2) is 0 Å². The second-order valence-electron chi connectivity index (χ2n) is 7.18. The quantitative estimate of drug-likeness (QED) is 0.620. The largest absolute Gasteiger partial charge is 0.355 e. The molecule has 3 N–H and O–H groups in total.